The fourth-order valence-electron chi connectivity index (χ4n) is 4.31. The highest BCUT2D eigenvalue weighted by Gasteiger charge is 2.32. The second-order valence-electron chi connectivity index (χ2n) is 8.33. The van der Waals surface area contributed by atoms with Gasteiger partial charge in [0.2, 0.25) is 11.8 Å². The minimum atomic E-state index is -0.297. The Morgan fingerprint density at radius 1 is 1.09 bits per heavy atom. The summed E-state index contributed by atoms with van der Waals surface area (Å²) in [6.45, 7) is 0.436. The van der Waals surface area contributed by atoms with Crippen molar-refractivity contribution in [1.29, 1.82) is 0 Å². The number of aromatic hydroxyl groups is 1. The van der Waals surface area contributed by atoms with Crippen molar-refractivity contribution < 1.29 is 14.6 Å². The molecule has 0 bridgehead atoms. The fraction of sp³-hybridized carbons (Fsp3) is 0.308. The van der Waals surface area contributed by atoms with Crippen molar-refractivity contribution in [3.63, 3.8) is 0 Å². The van der Waals surface area contributed by atoms with Crippen LogP contribution in [0.25, 0.3) is 0 Å². The molecule has 6 nitrogen and oxygen atoms in total. The van der Waals surface area contributed by atoms with E-state index in [9.17, 15) is 9.90 Å². The van der Waals surface area contributed by atoms with Crippen LogP contribution in [0.2, 0.25) is 0 Å². The zero-order valence-electron chi connectivity index (χ0n) is 18.8. The van der Waals surface area contributed by atoms with Gasteiger partial charge in [0.15, 0.2) is 0 Å². The molecule has 32 heavy (non-hydrogen) atoms. The van der Waals surface area contributed by atoms with E-state index in [0.717, 1.165) is 47.3 Å². The third-order valence-corrected chi connectivity index (χ3v) is 6.08. The third kappa shape index (κ3) is 4.40. The van der Waals surface area contributed by atoms with Crippen LogP contribution in [-0.4, -0.2) is 37.2 Å². The molecule has 2 aromatic carbocycles. The largest absolute Gasteiger partial charge is 0.508 e. The lowest BCUT2D eigenvalue weighted by molar-refractivity contribution is -0.120. The van der Waals surface area contributed by atoms with Crippen LogP contribution in [0.4, 0.5) is 11.4 Å². The van der Waals surface area contributed by atoms with Crippen molar-refractivity contribution in [2.24, 2.45) is 0 Å². The van der Waals surface area contributed by atoms with Crippen LogP contribution in [0, 0.1) is 0 Å². The Labute approximate surface area is 189 Å². The van der Waals surface area contributed by atoms with E-state index < -0.39 is 0 Å². The highest BCUT2D eigenvalue weighted by atomic mass is 16.5. The van der Waals surface area contributed by atoms with Gasteiger partial charge in [-0.3, -0.25) is 4.79 Å². The molecule has 0 fully saturated rings. The first kappa shape index (κ1) is 21.7. The molecule has 1 aliphatic rings. The topological polar surface area (TPSA) is 65.9 Å². The lowest BCUT2D eigenvalue weighted by atomic mass is 9.81. The summed E-state index contributed by atoms with van der Waals surface area (Å²) >= 11 is 0. The first-order valence-corrected chi connectivity index (χ1v) is 10.9. The molecule has 0 aliphatic heterocycles. The molecular weight excluding hydrogens is 402 g/mol. The van der Waals surface area contributed by atoms with E-state index in [1.165, 1.54) is 0 Å². The molecule has 6 heteroatoms. The van der Waals surface area contributed by atoms with Crippen LogP contribution in [-0.2, 0) is 17.8 Å². The number of hydrogen-bond donors (Lipinski definition) is 1. The summed E-state index contributed by atoms with van der Waals surface area (Å²) in [5, 5.41) is 10.3. The number of nitrogens with zero attached hydrogens (tertiary/aromatic N) is 3. The Hall–Kier alpha value is -3.54. The Morgan fingerprint density at radius 3 is 2.50 bits per heavy atom. The number of rotatable bonds is 6. The maximum absolute atomic E-state index is 13.9. The van der Waals surface area contributed by atoms with Gasteiger partial charge in [-0.1, -0.05) is 24.3 Å². The molecule has 1 atom stereocenters. The van der Waals surface area contributed by atoms with Crippen molar-refractivity contribution in [2.75, 3.05) is 31.0 Å². The number of pyridine rings is 1. The second kappa shape index (κ2) is 9.30. The van der Waals surface area contributed by atoms with Crippen LogP contribution in [0.5, 0.6) is 11.6 Å². The first-order valence-electron chi connectivity index (χ1n) is 10.9. The highest BCUT2D eigenvalue weighted by molar-refractivity contribution is 5.98. The van der Waals surface area contributed by atoms with Crippen LogP contribution in [0.3, 0.4) is 0 Å². The summed E-state index contributed by atoms with van der Waals surface area (Å²) in [6, 6.07) is 17.3. The molecule has 0 saturated heterocycles. The lowest BCUT2D eigenvalue weighted by Crippen LogP contribution is -2.36. The predicted molar refractivity (Wildman–Crippen MR) is 127 cm³/mol. The van der Waals surface area contributed by atoms with Gasteiger partial charge in [0.1, 0.15) is 5.75 Å². The highest BCUT2D eigenvalue weighted by Crippen LogP contribution is 2.38. The van der Waals surface area contributed by atoms with Crippen molar-refractivity contribution >= 4 is 17.3 Å². The van der Waals surface area contributed by atoms with Gasteiger partial charge in [-0.2, -0.15) is 0 Å². The SMILES string of the molecule is COc1ccc(N(Cc2ccc(N(C)C)cc2)C(=O)C2CCCc3c(O)cccc32)cn1. The van der Waals surface area contributed by atoms with Gasteiger partial charge in [0.05, 0.1) is 31.5 Å². The monoisotopic (exact) mass is 431 g/mol. The number of ether oxygens (including phenoxy) is 1. The number of aromatic nitrogens is 1. The van der Waals surface area contributed by atoms with Gasteiger partial charge in [-0.25, -0.2) is 4.98 Å². The number of carbonyl (C=O) groups excluding carboxylic acids is 1. The zero-order chi connectivity index (χ0) is 22.7. The molecule has 0 saturated carbocycles. The summed E-state index contributed by atoms with van der Waals surface area (Å²) in [4.78, 5) is 22.0. The van der Waals surface area contributed by atoms with E-state index in [2.05, 4.69) is 17.1 Å². The van der Waals surface area contributed by atoms with Gasteiger partial charge in [0, 0.05) is 25.8 Å². The van der Waals surface area contributed by atoms with Gasteiger partial charge in [0.25, 0.3) is 0 Å². The number of phenolic OH excluding ortho intramolecular Hbond substituents is 1. The van der Waals surface area contributed by atoms with Gasteiger partial charge in [-0.15, -0.1) is 0 Å². The molecule has 0 spiro atoms. The van der Waals surface area contributed by atoms with E-state index in [1.54, 1.807) is 30.3 Å². The van der Waals surface area contributed by atoms with Gasteiger partial charge < -0.3 is 19.6 Å². The smallest absolute Gasteiger partial charge is 0.234 e. The van der Waals surface area contributed by atoms with Crippen molar-refractivity contribution in [3.8, 4) is 11.6 Å². The number of carbonyl (C=O) groups is 1. The third-order valence-electron chi connectivity index (χ3n) is 6.08. The summed E-state index contributed by atoms with van der Waals surface area (Å²) in [6.07, 6.45) is 4.10. The molecule has 3 aromatic rings. The summed E-state index contributed by atoms with van der Waals surface area (Å²) in [7, 11) is 5.58. The van der Waals surface area contributed by atoms with Crippen molar-refractivity contribution in [2.45, 2.75) is 31.7 Å². The first-order chi connectivity index (χ1) is 15.5. The van der Waals surface area contributed by atoms with E-state index in [0.29, 0.717) is 12.4 Å². The van der Waals surface area contributed by atoms with Crippen LogP contribution < -0.4 is 14.5 Å². The Kier molecular flexibility index (Phi) is 6.30. The number of fused-ring (bicyclic) bond motifs is 1. The molecule has 1 unspecified atom stereocenters. The molecule has 0 radical (unpaired) electrons. The average molecular weight is 432 g/mol. The lowest BCUT2D eigenvalue weighted by Gasteiger charge is -2.31. The van der Waals surface area contributed by atoms with Crippen LogP contribution in [0.15, 0.2) is 60.8 Å². The molecule has 1 N–H and O–H groups in total. The molecule has 1 aliphatic carbocycles. The quantitative estimate of drug-likeness (QED) is 0.622. The summed E-state index contributed by atoms with van der Waals surface area (Å²) < 4.78 is 5.19. The number of anilines is 2. The summed E-state index contributed by atoms with van der Waals surface area (Å²) in [5.74, 6) is 0.496. The number of phenols is 1. The fourth-order valence-corrected chi connectivity index (χ4v) is 4.31. The Balaban J connectivity index is 1.69. The van der Waals surface area contributed by atoms with E-state index in [1.807, 2.05) is 49.3 Å². The maximum atomic E-state index is 13.9. The van der Waals surface area contributed by atoms with E-state index in [4.69, 9.17) is 4.74 Å². The summed E-state index contributed by atoms with van der Waals surface area (Å²) in [5.41, 5.74) is 4.68. The average Bonchev–Trinajstić information content (AvgIpc) is 2.82. The minimum absolute atomic E-state index is 0.0141. The van der Waals surface area contributed by atoms with Crippen molar-refractivity contribution in [3.05, 3.63) is 77.5 Å². The normalized spacial score (nSPS) is 15.0. The minimum Gasteiger partial charge on any atom is -0.508 e. The van der Waals surface area contributed by atoms with E-state index >= 15 is 0 Å². The second-order valence-corrected chi connectivity index (χ2v) is 8.33. The van der Waals surface area contributed by atoms with Gasteiger partial charge >= 0.3 is 0 Å². The number of hydrogen-bond acceptors (Lipinski definition) is 5. The van der Waals surface area contributed by atoms with Crippen LogP contribution >= 0.6 is 0 Å². The van der Waals surface area contributed by atoms with Gasteiger partial charge in [-0.05, 0) is 60.2 Å². The Morgan fingerprint density at radius 2 is 1.84 bits per heavy atom. The molecule has 1 amide bonds. The predicted octanol–water partition coefficient (Wildman–Crippen LogP) is 4.52. The Bertz CT molecular complexity index is 1080. The van der Waals surface area contributed by atoms with E-state index in [-0.39, 0.29) is 17.6 Å². The molecule has 166 valence electrons. The van der Waals surface area contributed by atoms with Crippen LogP contribution in [0.1, 0.15) is 35.4 Å². The molecule has 1 aromatic heterocycles. The van der Waals surface area contributed by atoms with Crippen molar-refractivity contribution in [1.82, 2.24) is 4.98 Å². The molecule has 1 heterocycles. The molecule has 4 rings (SSSR count). The number of methoxy groups -OCH3 is 1. The maximum Gasteiger partial charge on any atom is 0.234 e. The molecular formula is C26H29N3O3. The number of amides is 1. The standard InChI is InChI=1S/C26H29N3O3/c1-28(2)19-12-10-18(11-13-19)17-29(20-14-15-25(32-3)27-16-20)26(31)23-8-4-7-22-21(23)6-5-9-24(22)30/h5-6,9-16,23,30H,4,7-8,17H2,1-3H3. The number of benzene rings is 2. The zero-order valence-corrected chi connectivity index (χ0v) is 18.8.